The third-order valence-corrected chi connectivity index (χ3v) is 2.93. The average Bonchev–Trinajstić information content (AvgIpc) is 2.82. The Hall–Kier alpha value is -2.54. The fourth-order valence-corrected chi connectivity index (χ4v) is 1.87. The highest BCUT2D eigenvalue weighted by molar-refractivity contribution is 5.88. The quantitative estimate of drug-likeness (QED) is 0.750. The molecule has 1 heterocycles. The Morgan fingerprint density at radius 2 is 2.14 bits per heavy atom. The molecule has 2 amide bonds. The molecule has 22 heavy (non-hydrogen) atoms. The van der Waals surface area contributed by atoms with Crippen LogP contribution in [0.3, 0.4) is 0 Å². The third kappa shape index (κ3) is 4.78. The van der Waals surface area contributed by atoms with Crippen LogP contribution in [0.4, 0.5) is 10.6 Å². The van der Waals surface area contributed by atoms with Gasteiger partial charge in [-0.05, 0) is 19.1 Å². The van der Waals surface area contributed by atoms with E-state index < -0.39 is 12.1 Å². The number of hydrogen-bond acceptors (Lipinski definition) is 4. The number of para-hydroxylation sites is 1. The molecule has 1 aromatic carbocycles. The number of anilines is 1. The Morgan fingerprint density at radius 3 is 2.77 bits per heavy atom. The van der Waals surface area contributed by atoms with Crippen LogP contribution in [-0.4, -0.2) is 40.2 Å². The second-order valence-electron chi connectivity index (χ2n) is 4.91. The van der Waals surface area contributed by atoms with Crippen LogP contribution in [0.1, 0.15) is 5.69 Å². The Kier molecular flexibility index (Phi) is 5.37. The Labute approximate surface area is 128 Å². The van der Waals surface area contributed by atoms with Crippen LogP contribution in [0.5, 0.6) is 5.75 Å². The van der Waals surface area contributed by atoms with E-state index in [2.05, 4.69) is 15.7 Å². The fraction of sp³-hybridized carbons (Fsp3) is 0.333. The Balaban J connectivity index is 1.70. The molecule has 0 unspecified atom stereocenters. The minimum atomic E-state index is -0.792. The molecule has 0 spiro atoms. The zero-order valence-corrected chi connectivity index (χ0v) is 12.6. The monoisotopic (exact) mass is 304 g/mol. The summed E-state index contributed by atoms with van der Waals surface area (Å²) in [5, 5.41) is 19.2. The lowest BCUT2D eigenvalue weighted by Crippen LogP contribution is -2.38. The Morgan fingerprint density at radius 1 is 1.41 bits per heavy atom. The molecule has 7 nitrogen and oxygen atoms in total. The van der Waals surface area contributed by atoms with Crippen molar-refractivity contribution in [3.8, 4) is 5.75 Å². The predicted octanol–water partition coefficient (Wildman–Crippen LogP) is 1.29. The molecular weight excluding hydrogens is 284 g/mol. The number of benzene rings is 1. The van der Waals surface area contributed by atoms with Crippen molar-refractivity contribution in [2.24, 2.45) is 7.05 Å². The zero-order chi connectivity index (χ0) is 15.9. The van der Waals surface area contributed by atoms with Gasteiger partial charge in [-0.1, -0.05) is 18.2 Å². The van der Waals surface area contributed by atoms with Gasteiger partial charge < -0.3 is 15.2 Å². The molecule has 2 aromatic rings. The summed E-state index contributed by atoms with van der Waals surface area (Å²) >= 11 is 0. The molecule has 1 atom stereocenters. The molecule has 118 valence electrons. The van der Waals surface area contributed by atoms with Crippen molar-refractivity contribution in [2.45, 2.75) is 13.0 Å². The maximum Gasteiger partial charge on any atom is 0.320 e. The van der Waals surface area contributed by atoms with Crippen molar-refractivity contribution in [3.63, 3.8) is 0 Å². The van der Waals surface area contributed by atoms with Gasteiger partial charge in [0.05, 0.1) is 5.69 Å². The number of carbonyl (C=O) groups excluding carboxylic acids is 1. The van der Waals surface area contributed by atoms with E-state index in [-0.39, 0.29) is 13.2 Å². The number of hydrogen-bond donors (Lipinski definition) is 3. The van der Waals surface area contributed by atoms with Crippen LogP contribution >= 0.6 is 0 Å². The number of nitrogens with one attached hydrogen (secondary N) is 2. The molecule has 0 saturated carbocycles. The van der Waals surface area contributed by atoms with E-state index in [1.165, 1.54) is 0 Å². The number of urea groups is 1. The minimum absolute atomic E-state index is 0.0928. The van der Waals surface area contributed by atoms with Gasteiger partial charge in [0.25, 0.3) is 0 Å². The van der Waals surface area contributed by atoms with Crippen LogP contribution in [0.15, 0.2) is 36.4 Å². The standard InChI is InChI=1S/C15H20N4O3/c1-11-8-14(19(2)18-11)17-15(21)16-9-12(20)10-22-13-6-4-3-5-7-13/h3-8,12,20H,9-10H2,1-2H3,(H2,16,17,21)/t12-/m0/s1. The number of aliphatic hydroxyl groups is 1. The van der Waals surface area contributed by atoms with Crippen molar-refractivity contribution < 1.29 is 14.6 Å². The largest absolute Gasteiger partial charge is 0.491 e. The highest BCUT2D eigenvalue weighted by atomic mass is 16.5. The summed E-state index contributed by atoms with van der Waals surface area (Å²) in [4.78, 5) is 11.7. The highest BCUT2D eigenvalue weighted by Crippen LogP contribution is 2.09. The summed E-state index contributed by atoms with van der Waals surface area (Å²) in [5.41, 5.74) is 0.814. The molecule has 0 aliphatic carbocycles. The average molecular weight is 304 g/mol. The second-order valence-corrected chi connectivity index (χ2v) is 4.91. The van der Waals surface area contributed by atoms with Gasteiger partial charge in [0.15, 0.2) is 0 Å². The predicted molar refractivity (Wildman–Crippen MR) is 82.9 cm³/mol. The molecule has 0 saturated heterocycles. The third-order valence-electron chi connectivity index (χ3n) is 2.93. The molecule has 0 bridgehead atoms. The van der Waals surface area contributed by atoms with Gasteiger partial charge >= 0.3 is 6.03 Å². The molecule has 2 rings (SSSR count). The van der Waals surface area contributed by atoms with Gasteiger partial charge in [0.2, 0.25) is 0 Å². The summed E-state index contributed by atoms with van der Waals surface area (Å²) in [6.45, 7) is 2.04. The number of aryl methyl sites for hydroxylation is 2. The first kappa shape index (κ1) is 15.8. The van der Waals surface area contributed by atoms with E-state index in [0.717, 1.165) is 5.69 Å². The van der Waals surface area contributed by atoms with Crippen molar-refractivity contribution in [2.75, 3.05) is 18.5 Å². The number of nitrogens with zero attached hydrogens (tertiary/aromatic N) is 2. The molecule has 0 radical (unpaired) electrons. The maximum atomic E-state index is 11.7. The maximum absolute atomic E-state index is 11.7. The van der Waals surface area contributed by atoms with E-state index in [1.807, 2.05) is 25.1 Å². The molecule has 3 N–H and O–H groups in total. The van der Waals surface area contributed by atoms with Crippen LogP contribution in [0.25, 0.3) is 0 Å². The summed E-state index contributed by atoms with van der Waals surface area (Å²) < 4.78 is 6.98. The number of carbonyl (C=O) groups is 1. The number of rotatable bonds is 6. The van der Waals surface area contributed by atoms with Gasteiger partial charge in [-0.3, -0.25) is 10.00 Å². The van der Waals surface area contributed by atoms with E-state index in [4.69, 9.17) is 4.74 Å². The van der Waals surface area contributed by atoms with Gasteiger partial charge in [-0.25, -0.2) is 4.79 Å². The number of amides is 2. The summed E-state index contributed by atoms with van der Waals surface area (Å²) in [7, 11) is 1.74. The van der Waals surface area contributed by atoms with Crippen molar-refractivity contribution in [3.05, 3.63) is 42.1 Å². The van der Waals surface area contributed by atoms with E-state index in [9.17, 15) is 9.90 Å². The summed E-state index contributed by atoms with van der Waals surface area (Å²) in [5.74, 6) is 1.27. The second kappa shape index (κ2) is 7.46. The highest BCUT2D eigenvalue weighted by Gasteiger charge is 2.10. The fourth-order valence-electron chi connectivity index (χ4n) is 1.87. The minimum Gasteiger partial charge on any atom is -0.491 e. The van der Waals surface area contributed by atoms with Gasteiger partial charge in [0.1, 0.15) is 24.3 Å². The Bertz CT molecular complexity index is 613. The van der Waals surface area contributed by atoms with E-state index in [1.54, 1.807) is 29.9 Å². The van der Waals surface area contributed by atoms with E-state index >= 15 is 0 Å². The van der Waals surface area contributed by atoms with Crippen molar-refractivity contribution in [1.29, 1.82) is 0 Å². The van der Waals surface area contributed by atoms with Crippen LogP contribution in [0, 0.1) is 6.92 Å². The smallest absolute Gasteiger partial charge is 0.320 e. The summed E-state index contributed by atoms with van der Waals surface area (Å²) in [6.07, 6.45) is -0.792. The van der Waals surface area contributed by atoms with Gasteiger partial charge in [0, 0.05) is 19.7 Å². The lowest BCUT2D eigenvalue weighted by molar-refractivity contribution is 0.108. The number of aromatic nitrogens is 2. The van der Waals surface area contributed by atoms with Crippen molar-refractivity contribution in [1.82, 2.24) is 15.1 Å². The lowest BCUT2D eigenvalue weighted by atomic mass is 10.3. The number of aliphatic hydroxyl groups excluding tert-OH is 1. The molecule has 1 aromatic heterocycles. The van der Waals surface area contributed by atoms with Crippen LogP contribution < -0.4 is 15.4 Å². The normalized spacial score (nSPS) is 11.8. The lowest BCUT2D eigenvalue weighted by Gasteiger charge is -2.13. The molecule has 7 heteroatoms. The van der Waals surface area contributed by atoms with Gasteiger partial charge in [-0.15, -0.1) is 0 Å². The van der Waals surface area contributed by atoms with Crippen LogP contribution in [-0.2, 0) is 7.05 Å². The number of ether oxygens (including phenoxy) is 1. The van der Waals surface area contributed by atoms with Gasteiger partial charge in [-0.2, -0.15) is 5.10 Å². The first-order valence-corrected chi connectivity index (χ1v) is 6.96. The van der Waals surface area contributed by atoms with Crippen LogP contribution in [0.2, 0.25) is 0 Å². The molecular formula is C15H20N4O3. The molecule has 0 aliphatic heterocycles. The first-order valence-electron chi connectivity index (χ1n) is 6.96. The SMILES string of the molecule is Cc1cc(NC(=O)NC[C@H](O)COc2ccccc2)n(C)n1. The first-order chi connectivity index (χ1) is 10.5. The van der Waals surface area contributed by atoms with Crippen molar-refractivity contribution >= 4 is 11.8 Å². The van der Waals surface area contributed by atoms with E-state index in [0.29, 0.717) is 11.6 Å². The molecule has 0 fully saturated rings. The molecule has 0 aliphatic rings. The topological polar surface area (TPSA) is 88.4 Å². The summed E-state index contributed by atoms with van der Waals surface area (Å²) in [6, 6.07) is 10.5. The zero-order valence-electron chi connectivity index (χ0n) is 12.6.